The van der Waals surface area contributed by atoms with Gasteiger partial charge in [-0.05, 0) is 36.4 Å². The molecule has 5 nitrogen and oxygen atoms in total. The molecule has 2 heterocycles. The van der Waals surface area contributed by atoms with E-state index in [1.807, 2.05) is 6.07 Å². The molecule has 0 fully saturated rings. The molecule has 25 heavy (non-hydrogen) atoms. The maximum Gasteiger partial charge on any atom is 0.148 e. The van der Waals surface area contributed by atoms with Crippen molar-refractivity contribution in [3.63, 3.8) is 0 Å². The summed E-state index contributed by atoms with van der Waals surface area (Å²) in [5.74, 6) is 0.305. The summed E-state index contributed by atoms with van der Waals surface area (Å²) in [5, 5.41) is 9.45. The largest absolute Gasteiger partial charge is 0.486 e. The molecule has 0 aliphatic rings. The van der Waals surface area contributed by atoms with Gasteiger partial charge in [-0.3, -0.25) is 4.98 Å². The topological polar surface area (TPSA) is 52.8 Å². The quantitative estimate of drug-likeness (QED) is 0.551. The summed E-state index contributed by atoms with van der Waals surface area (Å²) in [6.45, 7) is 0.205. The molecule has 0 N–H and O–H groups in total. The summed E-state index contributed by atoms with van der Waals surface area (Å²) < 4.78 is 21.0. The van der Waals surface area contributed by atoms with Crippen LogP contribution < -0.4 is 4.74 Å². The van der Waals surface area contributed by atoms with E-state index in [1.165, 1.54) is 10.7 Å². The van der Waals surface area contributed by atoms with Crippen molar-refractivity contribution in [1.82, 2.24) is 20.0 Å². The minimum Gasteiger partial charge on any atom is -0.486 e. The molecule has 0 aliphatic carbocycles. The number of hydrogen-bond donors (Lipinski definition) is 0. The Morgan fingerprint density at radius 1 is 1.12 bits per heavy atom. The minimum absolute atomic E-state index is 0.205. The van der Waals surface area contributed by atoms with Crippen molar-refractivity contribution in [3.05, 3.63) is 77.5 Å². The molecule has 2 aromatic carbocycles. The van der Waals surface area contributed by atoms with Crippen molar-refractivity contribution >= 4 is 22.5 Å². The van der Waals surface area contributed by atoms with Gasteiger partial charge in [-0.1, -0.05) is 28.9 Å². The Morgan fingerprint density at radius 3 is 2.88 bits per heavy atom. The zero-order chi connectivity index (χ0) is 17.2. The number of nitrogens with zero attached hydrogens (tertiary/aromatic N) is 4. The molecule has 4 aromatic rings. The molecule has 0 radical (unpaired) electrons. The molecule has 7 heteroatoms. The lowest BCUT2D eigenvalue weighted by Crippen LogP contribution is -1.98. The van der Waals surface area contributed by atoms with Gasteiger partial charge in [-0.15, -0.1) is 5.10 Å². The van der Waals surface area contributed by atoms with Crippen LogP contribution in [-0.4, -0.2) is 20.0 Å². The first-order chi connectivity index (χ1) is 12.2. The molecule has 124 valence electrons. The van der Waals surface area contributed by atoms with Gasteiger partial charge in [-0.2, -0.15) is 0 Å². The second-order valence-corrected chi connectivity index (χ2v) is 5.80. The Labute approximate surface area is 147 Å². The van der Waals surface area contributed by atoms with Crippen LogP contribution in [0.5, 0.6) is 5.75 Å². The second-order valence-electron chi connectivity index (χ2n) is 5.37. The zero-order valence-electron chi connectivity index (χ0n) is 12.9. The van der Waals surface area contributed by atoms with E-state index >= 15 is 0 Å². The number of hydrogen-bond acceptors (Lipinski definition) is 4. The van der Waals surface area contributed by atoms with Crippen molar-refractivity contribution in [2.45, 2.75) is 6.61 Å². The summed E-state index contributed by atoms with van der Waals surface area (Å²) >= 11 is 5.99. The van der Waals surface area contributed by atoms with Gasteiger partial charge in [0.1, 0.15) is 29.6 Å². The highest BCUT2D eigenvalue weighted by Crippen LogP contribution is 2.26. The van der Waals surface area contributed by atoms with E-state index in [0.29, 0.717) is 22.2 Å². The van der Waals surface area contributed by atoms with Gasteiger partial charge in [0, 0.05) is 16.6 Å². The summed E-state index contributed by atoms with van der Waals surface area (Å²) in [6.07, 6.45) is 3.29. The van der Waals surface area contributed by atoms with E-state index in [1.54, 1.807) is 48.8 Å². The lowest BCUT2D eigenvalue weighted by Gasteiger charge is -2.07. The summed E-state index contributed by atoms with van der Waals surface area (Å²) in [4.78, 5) is 4.27. The van der Waals surface area contributed by atoms with Gasteiger partial charge in [-0.25, -0.2) is 9.07 Å². The fourth-order valence-electron chi connectivity index (χ4n) is 2.49. The molecule has 0 atom stereocenters. The first-order valence-electron chi connectivity index (χ1n) is 7.54. The van der Waals surface area contributed by atoms with E-state index in [0.717, 1.165) is 10.9 Å². The average molecular weight is 355 g/mol. The van der Waals surface area contributed by atoms with Crippen molar-refractivity contribution in [1.29, 1.82) is 0 Å². The highest BCUT2D eigenvalue weighted by atomic mass is 35.5. The van der Waals surface area contributed by atoms with Crippen molar-refractivity contribution < 1.29 is 9.13 Å². The summed E-state index contributed by atoms with van der Waals surface area (Å²) in [7, 11) is 0. The molecule has 2 aromatic heterocycles. The first-order valence-corrected chi connectivity index (χ1v) is 7.92. The number of rotatable bonds is 4. The molecule has 0 bridgehead atoms. The van der Waals surface area contributed by atoms with Gasteiger partial charge < -0.3 is 4.74 Å². The Bertz CT molecular complexity index is 1050. The standard InChI is InChI=1S/C18H12ClFN4O/c19-12-5-6-14-16(9-12)21-8-7-18(14)25-11-13-10-24(23-22-13)17-4-2-1-3-15(17)20/h1-10H,11H2. The van der Waals surface area contributed by atoms with E-state index < -0.39 is 0 Å². The zero-order valence-corrected chi connectivity index (χ0v) is 13.7. The Hall–Kier alpha value is -2.99. The molecule has 0 saturated heterocycles. The van der Waals surface area contributed by atoms with Crippen LogP contribution in [0.25, 0.3) is 16.6 Å². The molecular formula is C18H12ClFN4O. The van der Waals surface area contributed by atoms with Crippen molar-refractivity contribution in [2.75, 3.05) is 0 Å². The van der Waals surface area contributed by atoms with E-state index in [4.69, 9.17) is 16.3 Å². The third-order valence-corrected chi connectivity index (χ3v) is 3.92. The van der Waals surface area contributed by atoms with Crippen molar-refractivity contribution in [2.24, 2.45) is 0 Å². The Morgan fingerprint density at radius 2 is 2.00 bits per heavy atom. The number of aromatic nitrogens is 4. The normalized spacial score (nSPS) is 11.0. The lowest BCUT2D eigenvalue weighted by molar-refractivity contribution is 0.304. The van der Waals surface area contributed by atoms with Crippen LogP contribution in [0.4, 0.5) is 4.39 Å². The SMILES string of the molecule is Fc1ccccc1-n1cc(COc2ccnc3cc(Cl)ccc23)nn1. The molecule has 0 saturated carbocycles. The second kappa shape index (κ2) is 6.49. The molecular weight excluding hydrogens is 343 g/mol. The third kappa shape index (κ3) is 3.16. The predicted octanol–water partition coefficient (Wildman–Crippen LogP) is 4.19. The number of halogens is 2. The fourth-order valence-corrected chi connectivity index (χ4v) is 2.66. The number of para-hydroxylation sites is 1. The maximum atomic E-state index is 13.8. The van der Waals surface area contributed by atoms with Crippen LogP contribution in [0.15, 0.2) is 60.9 Å². The summed E-state index contributed by atoms with van der Waals surface area (Å²) in [5.41, 5.74) is 1.67. The molecule has 0 aliphatic heterocycles. The van der Waals surface area contributed by atoms with Gasteiger partial charge in [0.05, 0.1) is 11.7 Å². The number of fused-ring (bicyclic) bond motifs is 1. The van der Waals surface area contributed by atoms with E-state index in [-0.39, 0.29) is 12.4 Å². The van der Waals surface area contributed by atoms with E-state index in [9.17, 15) is 4.39 Å². The number of ether oxygens (including phenoxy) is 1. The number of benzene rings is 2. The molecule has 0 spiro atoms. The van der Waals surface area contributed by atoms with Crippen molar-refractivity contribution in [3.8, 4) is 11.4 Å². The summed E-state index contributed by atoms with van der Waals surface area (Å²) in [6, 6.07) is 13.6. The predicted molar refractivity (Wildman–Crippen MR) is 92.4 cm³/mol. The molecule has 0 amide bonds. The van der Waals surface area contributed by atoms with Crippen LogP contribution in [0, 0.1) is 5.82 Å². The fraction of sp³-hybridized carbons (Fsp3) is 0.0556. The van der Waals surface area contributed by atoms with Crippen LogP contribution >= 0.6 is 11.6 Å². The lowest BCUT2D eigenvalue weighted by atomic mass is 10.2. The molecule has 0 unspecified atom stereocenters. The first kappa shape index (κ1) is 15.5. The van der Waals surface area contributed by atoms with Crippen LogP contribution in [0.3, 0.4) is 0 Å². The van der Waals surface area contributed by atoms with Crippen LogP contribution in [0.2, 0.25) is 5.02 Å². The number of pyridine rings is 1. The minimum atomic E-state index is -0.364. The van der Waals surface area contributed by atoms with Crippen LogP contribution in [0.1, 0.15) is 5.69 Å². The smallest absolute Gasteiger partial charge is 0.148 e. The van der Waals surface area contributed by atoms with E-state index in [2.05, 4.69) is 15.3 Å². The van der Waals surface area contributed by atoms with Gasteiger partial charge in [0.15, 0.2) is 0 Å². The van der Waals surface area contributed by atoms with Gasteiger partial charge >= 0.3 is 0 Å². The molecule has 4 rings (SSSR count). The highest BCUT2D eigenvalue weighted by Gasteiger charge is 2.09. The maximum absolute atomic E-state index is 13.8. The van der Waals surface area contributed by atoms with Gasteiger partial charge in [0.25, 0.3) is 0 Å². The average Bonchev–Trinajstić information content (AvgIpc) is 3.08. The van der Waals surface area contributed by atoms with Crippen LogP contribution in [-0.2, 0) is 6.61 Å². The van der Waals surface area contributed by atoms with Gasteiger partial charge in [0.2, 0.25) is 0 Å². The monoisotopic (exact) mass is 354 g/mol. The highest BCUT2D eigenvalue weighted by molar-refractivity contribution is 6.31. The Kier molecular flexibility index (Phi) is 4.03. The third-order valence-electron chi connectivity index (χ3n) is 3.68. The Balaban J connectivity index is 1.56.